The summed E-state index contributed by atoms with van der Waals surface area (Å²) in [7, 11) is 0. The molecule has 0 atom stereocenters. The van der Waals surface area contributed by atoms with Crippen LogP contribution in [0.3, 0.4) is 0 Å². The molecule has 4 nitrogen and oxygen atoms in total. The predicted octanol–water partition coefficient (Wildman–Crippen LogP) is 11.6. The van der Waals surface area contributed by atoms with E-state index in [9.17, 15) is 5.26 Å². The number of hydrogen-bond acceptors (Lipinski definition) is 1. The van der Waals surface area contributed by atoms with Gasteiger partial charge in [0.25, 0.3) is 0 Å². The van der Waals surface area contributed by atoms with E-state index in [1.54, 1.807) is 0 Å². The van der Waals surface area contributed by atoms with Crippen LogP contribution in [-0.4, -0.2) is 9.13 Å². The lowest BCUT2D eigenvalue weighted by molar-refractivity contribution is 1.18. The Morgan fingerprint density at radius 3 is 1.52 bits per heavy atom. The number of benzene rings is 7. The third kappa shape index (κ3) is 4.07. The summed E-state index contributed by atoms with van der Waals surface area (Å²) in [5, 5.41) is 15.2. The van der Waals surface area contributed by atoms with Crippen LogP contribution in [0.4, 0.5) is 5.69 Å². The second-order valence-electron chi connectivity index (χ2n) is 11.9. The summed E-state index contributed by atoms with van der Waals surface area (Å²) >= 11 is 0. The molecule has 48 heavy (non-hydrogen) atoms. The van der Waals surface area contributed by atoms with E-state index in [-0.39, 0.29) is 0 Å². The molecule has 0 bridgehead atoms. The fraction of sp³-hybridized carbons (Fsp3) is 0. The Hall–Kier alpha value is -6.88. The third-order valence-electron chi connectivity index (χ3n) is 9.41. The minimum atomic E-state index is 0.505. The molecule has 0 saturated carbocycles. The first-order valence-electron chi connectivity index (χ1n) is 15.9. The van der Waals surface area contributed by atoms with E-state index in [0.717, 1.165) is 55.4 Å². The number of nitriles is 1. The van der Waals surface area contributed by atoms with Gasteiger partial charge in [-0.3, -0.25) is 0 Å². The van der Waals surface area contributed by atoms with Crippen molar-refractivity contribution < 1.29 is 0 Å². The summed E-state index contributed by atoms with van der Waals surface area (Å²) in [6, 6.07) is 56.5. The van der Waals surface area contributed by atoms with Gasteiger partial charge in [-0.15, -0.1) is 0 Å². The molecule has 9 aromatic rings. The molecule has 0 fully saturated rings. The Balaban J connectivity index is 1.22. The summed E-state index contributed by atoms with van der Waals surface area (Å²) < 4.78 is 4.53. The van der Waals surface area contributed by atoms with Crippen molar-refractivity contribution in [1.29, 1.82) is 5.26 Å². The molecule has 9 rings (SSSR count). The third-order valence-corrected chi connectivity index (χ3v) is 9.41. The van der Waals surface area contributed by atoms with Gasteiger partial charge < -0.3 is 9.13 Å². The van der Waals surface area contributed by atoms with E-state index in [2.05, 4.69) is 141 Å². The SMILES string of the molecule is [C-]#[N+]c1ccc(-c2ccc(-n3c4ccccc4c4ccccc43)cc2)cc1-c1c(C#N)cccc1-n1c2ccccc2c2ccccc21. The number of aromatic nitrogens is 2. The van der Waals surface area contributed by atoms with Crippen LogP contribution < -0.4 is 0 Å². The lowest BCUT2D eigenvalue weighted by Crippen LogP contribution is -2.00. The number of hydrogen-bond donors (Lipinski definition) is 0. The van der Waals surface area contributed by atoms with Crippen molar-refractivity contribution in [3.63, 3.8) is 0 Å². The van der Waals surface area contributed by atoms with Crippen molar-refractivity contribution in [3.05, 3.63) is 175 Å². The molecule has 0 radical (unpaired) electrons. The molecule has 0 aliphatic heterocycles. The van der Waals surface area contributed by atoms with Gasteiger partial charge in [-0.05, 0) is 65.2 Å². The first-order chi connectivity index (χ1) is 23.7. The molecule has 7 aromatic carbocycles. The smallest absolute Gasteiger partial charge is 0.195 e. The maximum Gasteiger partial charge on any atom is 0.195 e. The van der Waals surface area contributed by atoms with Gasteiger partial charge >= 0.3 is 0 Å². The lowest BCUT2D eigenvalue weighted by Gasteiger charge is -2.17. The van der Waals surface area contributed by atoms with Gasteiger partial charge in [0.2, 0.25) is 0 Å². The first kappa shape index (κ1) is 27.4. The van der Waals surface area contributed by atoms with Gasteiger partial charge in [0, 0.05) is 32.8 Å². The van der Waals surface area contributed by atoms with Crippen molar-refractivity contribution in [2.75, 3.05) is 0 Å². The second kappa shape index (κ2) is 10.9. The van der Waals surface area contributed by atoms with E-state index >= 15 is 0 Å². The average Bonchev–Trinajstić information content (AvgIpc) is 3.67. The van der Waals surface area contributed by atoms with Crippen molar-refractivity contribution in [3.8, 4) is 39.7 Å². The first-order valence-corrected chi connectivity index (χ1v) is 15.9. The monoisotopic (exact) mass is 610 g/mol. The molecule has 222 valence electrons. The number of para-hydroxylation sites is 4. The Morgan fingerprint density at radius 2 is 1.00 bits per heavy atom. The lowest BCUT2D eigenvalue weighted by atomic mass is 9.93. The molecule has 0 saturated heterocycles. The normalized spacial score (nSPS) is 11.3. The summed E-state index contributed by atoms with van der Waals surface area (Å²) in [5.74, 6) is 0. The second-order valence-corrected chi connectivity index (χ2v) is 11.9. The fourth-order valence-electron chi connectivity index (χ4n) is 7.30. The zero-order valence-corrected chi connectivity index (χ0v) is 25.8. The Kier molecular flexibility index (Phi) is 6.22. The summed E-state index contributed by atoms with van der Waals surface area (Å²) in [6.07, 6.45) is 0. The van der Waals surface area contributed by atoms with Gasteiger partial charge in [0.15, 0.2) is 5.69 Å². The molecular formula is C44H26N4. The highest BCUT2D eigenvalue weighted by Crippen LogP contribution is 2.42. The highest BCUT2D eigenvalue weighted by Gasteiger charge is 2.20. The number of nitrogens with zero attached hydrogens (tertiary/aromatic N) is 4. The van der Waals surface area contributed by atoms with E-state index in [0.29, 0.717) is 11.3 Å². The van der Waals surface area contributed by atoms with Gasteiger partial charge in [-0.25, -0.2) is 4.85 Å². The minimum Gasteiger partial charge on any atom is -0.309 e. The van der Waals surface area contributed by atoms with Crippen LogP contribution in [-0.2, 0) is 0 Å². The maximum absolute atomic E-state index is 10.4. The van der Waals surface area contributed by atoms with Crippen LogP contribution in [0.15, 0.2) is 158 Å². The Bertz CT molecular complexity index is 2690. The van der Waals surface area contributed by atoms with Gasteiger partial charge in [-0.2, -0.15) is 5.26 Å². The average molecular weight is 611 g/mol. The van der Waals surface area contributed by atoms with E-state index in [4.69, 9.17) is 6.57 Å². The van der Waals surface area contributed by atoms with Crippen molar-refractivity contribution in [1.82, 2.24) is 9.13 Å². The van der Waals surface area contributed by atoms with Crippen LogP contribution in [0.25, 0.3) is 82.1 Å². The Labute approximate surface area is 277 Å². The molecular weight excluding hydrogens is 585 g/mol. The molecule has 0 unspecified atom stereocenters. The Morgan fingerprint density at radius 1 is 0.500 bits per heavy atom. The topological polar surface area (TPSA) is 38.0 Å². The largest absolute Gasteiger partial charge is 0.309 e. The quantitative estimate of drug-likeness (QED) is 0.183. The fourth-order valence-corrected chi connectivity index (χ4v) is 7.30. The highest BCUT2D eigenvalue weighted by atomic mass is 15.0. The molecule has 0 amide bonds. The molecule has 0 aliphatic rings. The van der Waals surface area contributed by atoms with Crippen molar-refractivity contribution in [2.24, 2.45) is 0 Å². The van der Waals surface area contributed by atoms with Gasteiger partial charge in [-0.1, -0.05) is 109 Å². The van der Waals surface area contributed by atoms with Crippen molar-refractivity contribution >= 4 is 49.3 Å². The molecule has 4 heteroatoms. The predicted molar refractivity (Wildman–Crippen MR) is 197 cm³/mol. The number of rotatable bonds is 4. The zero-order valence-electron chi connectivity index (χ0n) is 25.8. The van der Waals surface area contributed by atoms with E-state index in [1.807, 2.05) is 36.4 Å². The minimum absolute atomic E-state index is 0.505. The molecule has 2 aromatic heterocycles. The highest BCUT2D eigenvalue weighted by molar-refractivity contribution is 6.11. The van der Waals surface area contributed by atoms with E-state index < -0.39 is 0 Å². The van der Waals surface area contributed by atoms with Crippen LogP contribution in [0, 0.1) is 17.9 Å². The summed E-state index contributed by atoms with van der Waals surface area (Å²) in [5.41, 5.74) is 10.9. The summed E-state index contributed by atoms with van der Waals surface area (Å²) in [4.78, 5) is 3.94. The van der Waals surface area contributed by atoms with Gasteiger partial charge in [0.05, 0.1) is 46.0 Å². The maximum atomic E-state index is 10.4. The standard InChI is InChI=1S/C44H26N4/c1-46-38-26-23-30(29-21-24-32(25-22-29)47-39-16-6-2-12-33(39)34-13-3-7-17-40(34)47)27-37(38)44-31(28-45)11-10-20-43(44)48-41-18-8-4-14-35(41)36-15-5-9-19-42(36)48/h2-27H. The molecule has 0 spiro atoms. The molecule has 0 aliphatic carbocycles. The zero-order chi connectivity index (χ0) is 32.2. The number of fused-ring (bicyclic) bond motifs is 6. The van der Waals surface area contributed by atoms with Crippen molar-refractivity contribution in [2.45, 2.75) is 0 Å². The van der Waals surface area contributed by atoms with Crippen LogP contribution >= 0.6 is 0 Å². The van der Waals surface area contributed by atoms with Gasteiger partial charge in [0.1, 0.15) is 0 Å². The molecule has 0 N–H and O–H groups in total. The van der Waals surface area contributed by atoms with E-state index in [1.165, 1.54) is 21.8 Å². The molecule has 2 heterocycles. The van der Waals surface area contributed by atoms with Crippen LogP contribution in [0.5, 0.6) is 0 Å². The van der Waals surface area contributed by atoms with Crippen LogP contribution in [0.1, 0.15) is 5.56 Å². The summed E-state index contributed by atoms with van der Waals surface area (Å²) in [6.45, 7) is 8.12. The van der Waals surface area contributed by atoms with Crippen LogP contribution in [0.2, 0.25) is 0 Å².